The molecule has 5 nitrogen and oxygen atoms in total. The number of rotatable bonds is 3. The maximum Gasteiger partial charge on any atom is 0.101 e. The van der Waals surface area contributed by atoms with Gasteiger partial charge in [-0.25, -0.2) is 4.68 Å². The first-order chi connectivity index (χ1) is 11.6. The van der Waals surface area contributed by atoms with Crippen LogP contribution < -0.4 is 0 Å². The summed E-state index contributed by atoms with van der Waals surface area (Å²) in [5, 5.41) is 14.9. The predicted molar refractivity (Wildman–Crippen MR) is 95.3 cm³/mol. The fourth-order valence-corrected chi connectivity index (χ4v) is 3.36. The Kier molecular flexibility index (Phi) is 3.75. The molecule has 0 saturated carbocycles. The Hall–Kier alpha value is -2.37. The van der Waals surface area contributed by atoms with E-state index in [0.29, 0.717) is 16.6 Å². The van der Waals surface area contributed by atoms with E-state index in [2.05, 4.69) is 16.4 Å². The Labute approximate surface area is 148 Å². The van der Waals surface area contributed by atoms with Crippen LogP contribution in [0.25, 0.3) is 22.0 Å². The molecule has 24 heavy (non-hydrogen) atoms. The van der Waals surface area contributed by atoms with E-state index in [1.807, 2.05) is 42.2 Å². The number of aromatic nitrogens is 5. The fourth-order valence-electron chi connectivity index (χ4n) is 2.85. The van der Waals surface area contributed by atoms with Crippen LogP contribution >= 0.6 is 23.2 Å². The molecule has 2 aromatic heterocycles. The van der Waals surface area contributed by atoms with Crippen LogP contribution in [0.1, 0.15) is 5.69 Å². The van der Waals surface area contributed by atoms with Gasteiger partial charge >= 0.3 is 0 Å². The highest BCUT2D eigenvalue weighted by Gasteiger charge is 2.15. The SMILES string of the molecule is Cn1nc2c(-c3ccc(Cl)cc3Cl)cccc2c1Cn1ccnn1. The first-order valence-electron chi connectivity index (χ1n) is 7.37. The number of benzene rings is 2. The average molecular weight is 358 g/mol. The van der Waals surface area contributed by atoms with E-state index < -0.39 is 0 Å². The van der Waals surface area contributed by atoms with Crippen LogP contribution in [0, 0.1) is 0 Å². The molecule has 0 aliphatic carbocycles. The normalized spacial score (nSPS) is 11.3. The molecule has 0 unspecified atom stereocenters. The van der Waals surface area contributed by atoms with E-state index in [0.717, 1.165) is 27.7 Å². The molecule has 0 bridgehead atoms. The van der Waals surface area contributed by atoms with Crippen LogP contribution in [0.4, 0.5) is 0 Å². The number of hydrogen-bond donors (Lipinski definition) is 0. The molecular weight excluding hydrogens is 345 g/mol. The van der Waals surface area contributed by atoms with E-state index in [4.69, 9.17) is 28.3 Å². The van der Waals surface area contributed by atoms with Crippen LogP contribution in [0.5, 0.6) is 0 Å². The molecule has 0 fully saturated rings. The summed E-state index contributed by atoms with van der Waals surface area (Å²) in [6, 6.07) is 11.6. The third-order valence-electron chi connectivity index (χ3n) is 3.99. The molecule has 0 aliphatic rings. The zero-order valence-electron chi connectivity index (χ0n) is 12.8. The molecule has 2 aromatic carbocycles. The Morgan fingerprint density at radius 2 is 1.96 bits per heavy atom. The van der Waals surface area contributed by atoms with Crippen LogP contribution in [-0.4, -0.2) is 24.8 Å². The van der Waals surface area contributed by atoms with Crippen molar-refractivity contribution in [3.63, 3.8) is 0 Å². The molecule has 4 aromatic rings. The maximum atomic E-state index is 6.38. The monoisotopic (exact) mass is 357 g/mol. The molecule has 0 atom stereocenters. The Balaban J connectivity index is 1.89. The van der Waals surface area contributed by atoms with Crippen LogP contribution in [0.15, 0.2) is 48.8 Å². The quantitative estimate of drug-likeness (QED) is 0.552. The molecule has 4 rings (SSSR count). The Morgan fingerprint density at radius 1 is 1.08 bits per heavy atom. The van der Waals surface area contributed by atoms with Crippen LogP contribution in [0.3, 0.4) is 0 Å². The van der Waals surface area contributed by atoms with Gasteiger partial charge in [-0.15, -0.1) is 5.10 Å². The molecule has 7 heteroatoms. The van der Waals surface area contributed by atoms with Crippen molar-refractivity contribution in [1.29, 1.82) is 0 Å². The number of fused-ring (bicyclic) bond motifs is 1. The first kappa shape index (κ1) is 15.2. The highest BCUT2D eigenvalue weighted by Crippen LogP contribution is 2.35. The largest absolute Gasteiger partial charge is 0.269 e. The highest BCUT2D eigenvalue weighted by molar-refractivity contribution is 6.36. The smallest absolute Gasteiger partial charge is 0.101 e. The molecule has 0 aliphatic heterocycles. The van der Waals surface area contributed by atoms with Crippen LogP contribution in [-0.2, 0) is 13.6 Å². The van der Waals surface area contributed by atoms with Gasteiger partial charge in [0.05, 0.1) is 18.4 Å². The summed E-state index contributed by atoms with van der Waals surface area (Å²) in [7, 11) is 1.93. The van der Waals surface area contributed by atoms with Gasteiger partial charge in [0.15, 0.2) is 0 Å². The lowest BCUT2D eigenvalue weighted by atomic mass is 10.0. The molecule has 0 radical (unpaired) electrons. The zero-order chi connectivity index (χ0) is 16.7. The average Bonchev–Trinajstić information content (AvgIpc) is 3.17. The molecule has 0 spiro atoms. The van der Waals surface area contributed by atoms with Crippen molar-refractivity contribution in [2.45, 2.75) is 6.54 Å². The van der Waals surface area contributed by atoms with Gasteiger partial charge in [0, 0.05) is 39.8 Å². The van der Waals surface area contributed by atoms with E-state index in [1.165, 1.54) is 0 Å². The lowest BCUT2D eigenvalue weighted by Crippen LogP contribution is -2.06. The zero-order valence-corrected chi connectivity index (χ0v) is 14.3. The number of halogens is 2. The Morgan fingerprint density at radius 3 is 2.71 bits per heavy atom. The minimum Gasteiger partial charge on any atom is -0.269 e. The second kappa shape index (κ2) is 5.92. The highest BCUT2D eigenvalue weighted by atomic mass is 35.5. The van der Waals surface area contributed by atoms with Crippen molar-refractivity contribution in [2.75, 3.05) is 0 Å². The fraction of sp³-hybridized carbons (Fsp3) is 0.118. The summed E-state index contributed by atoms with van der Waals surface area (Å²) < 4.78 is 3.65. The molecule has 0 saturated heterocycles. The number of hydrogen-bond acceptors (Lipinski definition) is 3. The van der Waals surface area contributed by atoms with Gasteiger partial charge in [-0.1, -0.05) is 52.7 Å². The van der Waals surface area contributed by atoms with Crippen molar-refractivity contribution in [3.8, 4) is 11.1 Å². The predicted octanol–water partition coefficient (Wildman–Crippen LogP) is 4.19. The van der Waals surface area contributed by atoms with Crippen molar-refractivity contribution in [2.24, 2.45) is 7.05 Å². The summed E-state index contributed by atoms with van der Waals surface area (Å²) in [6.45, 7) is 0.602. The minimum absolute atomic E-state index is 0.602. The lowest BCUT2D eigenvalue weighted by molar-refractivity contribution is 0.604. The molecule has 0 N–H and O–H groups in total. The van der Waals surface area contributed by atoms with Gasteiger partial charge in [-0.3, -0.25) is 4.68 Å². The first-order valence-corrected chi connectivity index (χ1v) is 8.13. The molecule has 120 valence electrons. The van der Waals surface area contributed by atoms with Gasteiger partial charge in [-0.05, 0) is 12.1 Å². The third kappa shape index (κ3) is 2.56. The van der Waals surface area contributed by atoms with Crippen molar-refractivity contribution < 1.29 is 0 Å². The summed E-state index contributed by atoms with van der Waals surface area (Å²) in [6.07, 6.45) is 3.50. The van der Waals surface area contributed by atoms with Crippen molar-refractivity contribution in [3.05, 3.63) is 64.5 Å². The Bertz CT molecular complexity index is 1020. The summed E-state index contributed by atoms with van der Waals surface area (Å²) >= 11 is 12.4. The topological polar surface area (TPSA) is 48.5 Å². The van der Waals surface area contributed by atoms with Gasteiger partial charge in [-0.2, -0.15) is 5.10 Å². The van der Waals surface area contributed by atoms with Crippen LogP contribution in [0.2, 0.25) is 10.0 Å². The van der Waals surface area contributed by atoms with Gasteiger partial charge in [0.1, 0.15) is 5.52 Å². The van der Waals surface area contributed by atoms with Gasteiger partial charge in [0.2, 0.25) is 0 Å². The summed E-state index contributed by atoms with van der Waals surface area (Å²) in [5.74, 6) is 0. The maximum absolute atomic E-state index is 6.38. The minimum atomic E-state index is 0.602. The standard InChI is InChI=1S/C17H13Cl2N5/c1-23-16(10-24-8-7-20-22-24)14-4-2-3-13(17(14)21-23)12-6-5-11(18)9-15(12)19/h2-9H,10H2,1H3. The van der Waals surface area contributed by atoms with E-state index in [1.54, 1.807) is 16.9 Å². The number of nitrogens with zero attached hydrogens (tertiary/aromatic N) is 5. The molecule has 0 amide bonds. The summed E-state index contributed by atoms with van der Waals surface area (Å²) in [5.41, 5.74) is 3.86. The second-order valence-electron chi connectivity index (χ2n) is 5.50. The molecular formula is C17H13Cl2N5. The summed E-state index contributed by atoms with van der Waals surface area (Å²) in [4.78, 5) is 0. The van der Waals surface area contributed by atoms with Crippen molar-refractivity contribution in [1.82, 2.24) is 24.8 Å². The van der Waals surface area contributed by atoms with Crippen molar-refractivity contribution >= 4 is 34.1 Å². The van der Waals surface area contributed by atoms with Gasteiger partial charge in [0.25, 0.3) is 0 Å². The third-order valence-corrected chi connectivity index (χ3v) is 4.54. The van der Waals surface area contributed by atoms with E-state index >= 15 is 0 Å². The number of aryl methyl sites for hydroxylation is 1. The lowest BCUT2D eigenvalue weighted by Gasteiger charge is -2.06. The van der Waals surface area contributed by atoms with Gasteiger partial charge < -0.3 is 0 Å². The van der Waals surface area contributed by atoms with E-state index in [9.17, 15) is 0 Å². The second-order valence-corrected chi connectivity index (χ2v) is 6.34. The molecule has 2 heterocycles. The van der Waals surface area contributed by atoms with E-state index in [-0.39, 0.29) is 0 Å².